The van der Waals surface area contributed by atoms with E-state index in [1.165, 1.54) is 12.3 Å². The number of benzene rings is 1. The van der Waals surface area contributed by atoms with E-state index in [1.54, 1.807) is 25.3 Å². The molecule has 0 fully saturated rings. The molecule has 0 unspecified atom stereocenters. The Labute approximate surface area is 132 Å². The number of aromatic amines is 1. The summed E-state index contributed by atoms with van der Waals surface area (Å²) in [4.78, 5) is 30.3. The van der Waals surface area contributed by atoms with E-state index in [-0.39, 0.29) is 11.5 Å². The van der Waals surface area contributed by atoms with Crippen LogP contribution in [0.5, 0.6) is 0 Å². The molecule has 0 aliphatic rings. The zero-order chi connectivity index (χ0) is 16.4. The number of oxazole rings is 1. The van der Waals surface area contributed by atoms with Crippen molar-refractivity contribution in [3.8, 4) is 11.5 Å². The minimum absolute atomic E-state index is 0.236. The number of aromatic nitrogens is 2. The molecule has 2 aromatic heterocycles. The van der Waals surface area contributed by atoms with Crippen LogP contribution in [-0.4, -0.2) is 15.9 Å². The van der Waals surface area contributed by atoms with Crippen molar-refractivity contribution >= 4 is 11.6 Å². The van der Waals surface area contributed by atoms with Gasteiger partial charge >= 0.3 is 0 Å². The highest BCUT2D eigenvalue weighted by molar-refractivity contribution is 6.05. The highest BCUT2D eigenvalue weighted by Gasteiger charge is 2.11. The molecular weight excluding hydrogens is 294 g/mol. The number of carbonyl (C=O) groups excluding carboxylic acids is 1. The summed E-state index contributed by atoms with van der Waals surface area (Å²) in [5, 5.41) is 2.81. The van der Waals surface area contributed by atoms with Gasteiger partial charge in [0, 0.05) is 23.5 Å². The lowest BCUT2D eigenvalue weighted by molar-refractivity contribution is 0.102. The van der Waals surface area contributed by atoms with Crippen molar-refractivity contribution in [1.82, 2.24) is 9.97 Å². The first kappa shape index (κ1) is 14.8. The number of hydrogen-bond donors (Lipinski definition) is 2. The SMILES string of the molecule is Cc1coc(-c2cccc(NC(=O)c3c[nH]c(=O)cc3C)c2)n1. The number of hydrogen-bond acceptors (Lipinski definition) is 4. The lowest BCUT2D eigenvalue weighted by atomic mass is 10.1. The molecule has 0 atom stereocenters. The smallest absolute Gasteiger partial charge is 0.257 e. The molecule has 0 spiro atoms. The van der Waals surface area contributed by atoms with Gasteiger partial charge in [-0.25, -0.2) is 4.98 Å². The third kappa shape index (κ3) is 3.21. The number of nitrogens with zero attached hydrogens (tertiary/aromatic N) is 1. The van der Waals surface area contributed by atoms with E-state index in [0.29, 0.717) is 22.7 Å². The average Bonchev–Trinajstić information content (AvgIpc) is 2.94. The van der Waals surface area contributed by atoms with Crippen LogP contribution in [0.2, 0.25) is 0 Å². The molecule has 6 heteroatoms. The van der Waals surface area contributed by atoms with Gasteiger partial charge in [0.2, 0.25) is 11.4 Å². The molecule has 0 saturated carbocycles. The summed E-state index contributed by atoms with van der Waals surface area (Å²) in [7, 11) is 0. The molecule has 0 aliphatic carbocycles. The molecule has 1 aromatic carbocycles. The van der Waals surface area contributed by atoms with Crippen LogP contribution in [0.25, 0.3) is 11.5 Å². The molecule has 23 heavy (non-hydrogen) atoms. The molecule has 0 aliphatic heterocycles. The summed E-state index contributed by atoms with van der Waals surface area (Å²) in [6.07, 6.45) is 2.98. The molecule has 1 amide bonds. The average molecular weight is 309 g/mol. The Morgan fingerprint density at radius 2 is 2.09 bits per heavy atom. The minimum Gasteiger partial charge on any atom is -0.444 e. The van der Waals surface area contributed by atoms with Crippen LogP contribution < -0.4 is 10.9 Å². The van der Waals surface area contributed by atoms with Crippen LogP contribution in [0.3, 0.4) is 0 Å². The molecule has 2 N–H and O–H groups in total. The van der Waals surface area contributed by atoms with Gasteiger partial charge in [-0.1, -0.05) is 6.07 Å². The normalized spacial score (nSPS) is 10.5. The van der Waals surface area contributed by atoms with Crippen LogP contribution in [0.15, 0.2) is 52.0 Å². The van der Waals surface area contributed by atoms with Gasteiger partial charge in [-0.15, -0.1) is 0 Å². The number of anilines is 1. The van der Waals surface area contributed by atoms with Crippen molar-refractivity contribution in [3.05, 3.63) is 70.0 Å². The third-order valence-electron chi connectivity index (χ3n) is 3.36. The molecule has 6 nitrogen and oxygen atoms in total. The van der Waals surface area contributed by atoms with E-state index >= 15 is 0 Å². The van der Waals surface area contributed by atoms with Crippen LogP contribution in [0.1, 0.15) is 21.6 Å². The van der Waals surface area contributed by atoms with E-state index in [4.69, 9.17) is 4.42 Å². The summed E-state index contributed by atoms with van der Waals surface area (Å²) in [5.41, 5.74) is 2.98. The first-order chi connectivity index (χ1) is 11.0. The van der Waals surface area contributed by atoms with Crippen LogP contribution in [0.4, 0.5) is 5.69 Å². The maximum Gasteiger partial charge on any atom is 0.257 e. The molecule has 116 valence electrons. The maximum absolute atomic E-state index is 12.3. The third-order valence-corrected chi connectivity index (χ3v) is 3.36. The minimum atomic E-state index is -0.292. The molecule has 0 saturated heterocycles. The molecular formula is C17H15N3O3. The molecule has 0 bridgehead atoms. The van der Waals surface area contributed by atoms with Gasteiger partial charge in [-0.2, -0.15) is 0 Å². The second-order valence-electron chi connectivity index (χ2n) is 5.22. The lowest BCUT2D eigenvalue weighted by Crippen LogP contribution is -2.16. The lowest BCUT2D eigenvalue weighted by Gasteiger charge is -2.08. The van der Waals surface area contributed by atoms with Gasteiger partial charge in [0.05, 0.1) is 11.3 Å². The Morgan fingerprint density at radius 3 is 2.78 bits per heavy atom. The summed E-state index contributed by atoms with van der Waals surface area (Å²) in [5.74, 6) is 0.207. The predicted octanol–water partition coefficient (Wildman–Crippen LogP) is 2.90. The van der Waals surface area contributed by atoms with E-state index in [1.807, 2.05) is 19.1 Å². The Morgan fingerprint density at radius 1 is 1.26 bits per heavy atom. The van der Waals surface area contributed by atoms with Crippen LogP contribution in [-0.2, 0) is 0 Å². The number of carbonyl (C=O) groups is 1. The number of aryl methyl sites for hydroxylation is 2. The number of rotatable bonds is 3. The topological polar surface area (TPSA) is 88.0 Å². The quantitative estimate of drug-likeness (QED) is 0.778. The fraction of sp³-hybridized carbons (Fsp3) is 0.118. The van der Waals surface area contributed by atoms with Gasteiger partial charge in [-0.3, -0.25) is 9.59 Å². The first-order valence-electron chi connectivity index (χ1n) is 7.06. The second kappa shape index (κ2) is 5.92. The molecule has 2 heterocycles. The number of amides is 1. The van der Waals surface area contributed by atoms with Gasteiger partial charge in [0.25, 0.3) is 5.91 Å². The van der Waals surface area contributed by atoms with E-state index in [2.05, 4.69) is 15.3 Å². The second-order valence-corrected chi connectivity index (χ2v) is 5.22. The highest BCUT2D eigenvalue weighted by atomic mass is 16.3. The van der Waals surface area contributed by atoms with Crippen LogP contribution in [0, 0.1) is 13.8 Å². The van der Waals surface area contributed by atoms with Gasteiger partial charge in [0.1, 0.15) is 6.26 Å². The Hall–Kier alpha value is -3.15. The molecule has 3 aromatic rings. The number of nitrogens with one attached hydrogen (secondary N) is 2. The van der Waals surface area contributed by atoms with Crippen molar-refractivity contribution in [2.75, 3.05) is 5.32 Å². The molecule has 0 radical (unpaired) electrons. The van der Waals surface area contributed by atoms with E-state index in [0.717, 1.165) is 11.3 Å². The summed E-state index contributed by atoms with van der Waals surface area (Å²) in [6.45, 7) is 3.56. The van der Waals surface area contributed by atoms with Crippen molar-refractivity contribution < 1.29 is 9.21 Å². The Bertz CT molecular complexity index is 925. The largest absolute Gasteiger partial charge is 0.444 e. The van der Waals surface area contributed by atoms with Gasteiger partial charge in [0.15, 0.2) is 0 Å². The summed E-state index contributed by atoms with van der Waals surface area (Å²) >= 11 is 0. The van der Waals surface area contributed by atoms with Gasteiger partial charge < -0.3 is 14.7 Å². The first-order valence-corrected chi connectivity index (χ1v) is 7.06. The fourth-order valence-corrected chi connectivity index (χ4v) is 2.23. The Balaban J connectivity index is 1.85. The van der Waals surface area contributed by atoms with Crippen molar-refractivity contribution in [2.45, 2.75) is 13.8 Å². The standard InChI is InChI=1S/C17H15N3O3/c1-10-6-15(21)18-8-14(10)16(22)20-13-5-3-4-12(7-13)17-19-11(2)9-23-17/h3-9H,1-2H3,(H,18,21)(H,20,22). The summed E-state index contributed by atoms with van der Waals surface area (Å²) < 4.78 is 5.36. The Kier molecular flexibility index (Phi) is 3.80. The number of H-pyrrole nitrogens is 1. The number of pyridine rings is 1. The highest BCUT2D eigenvalue weighted by Crippen LogP contribution is 2.22. The maximum atomic E-state index is 12.3. The fourth-order valence-electron chi connectivity index (χ4n) is 2.23. The van der Waals surface area contributed by atoms with Gasteiger partial charge in [-0.05, 0) is 37.6 Å². The van der Waals surface area contributed by atoms with Crippen molar-refractivity contribution in [2.24, 2.45) is 0 Å². The zero-order valence-electron chi connectivity index (χ0n) is 12.7. The van der Waals surface area contributed by atoms with E-state index < -0.39 is 0 Å². The van der Waals surface area contributed by atoms with Crippen LogP contribution >= 0.6 is 0 Å². The van der Waals surface area contributed by atoms with E-state index in [9.17, 15) is 9.59 Å². The van der Waals surface area contributed by atoms with Crippen molar-refractivity contribution in [1.29, 1.82) is 0 Å². The predicted molar refractivity (Wildman–Crippen MR) is 86.4 cm³/mol. The monoisotopic (exact) mass is 309 g/mol. The summed E-state index contributed by atoms with van der Waals surface area (Å²) in [6, 6.07) is 8.61. The molecule has 3 rings (SSSR count). The van der Waals surface area contributed by atoms with Crippen molar-refractivity contribution in [3.63, 3.8) is 0 Å². The zero-order valence-corrected chi connectivity index (χ0v) is 12.7.